The first kappa shape index (κ1) is 18.1. The maximum atomic E-state index is 10.4. The Bertz CT molecular complexity index is 299. The van der Waals surface area contributed by atoms with Gasteiger partial charge in [0.2, 0.25) is 0 Å². The van der Waals surface area contributed by atoms with Gasteiger partial charge in [0.05, 0.1) is 18.3 Å². The van der Waals surface area contributed by atoms with Gasteiger partial charge in [-0.3, -0.25) is 9.80 Å². The van der Waals surface area contributed by atoms with Crippen LogP contribution in [0.15, 0.2) is 0 Å². The Morgan fingerprint density at radius 1 is 0.909 bits per heavy atom. The van der Waals surface area contributed by atoms with Crippen LogP contribution in [-0.2, 0) is 9.47 Å². The van der Waals surface area contributed by atoms with Gasteiger partial charge >= 0.3 is 0 Å². The van der Waals surface area contributed by atoms with E-state index in [0.717, 1.165) is 52.1 Å². The van der Waals surface area contributed by atoms with Crippen LogP contribution < -0.4 is 0 Å². The Morgan fingerprint density at radius 2 is 1.32 bits per heavy atom. The summed E-state index contributed by atoms with van der Waals surface area (Å²) >= 11 is 0. The van der Waals surface area contributed by atoms with E-state index in [1.165, 1.54) is 0 Å². The van der Waals surface area contributed by atoms with Crippen molar-refractivity contribution >= 4 is 0 Å². The molecule has 2 saturated heterocycles. The number of nitrogens with zero attached hydrogens (tertiary/aromatic N) is 2. The molecule has 0 aromatic heterocycles. The van der Waals surface area contributed by atoms with Crippen molar-refractivity contribution in [2.75, 3.05) is 53.5 Å². The standard InChI is InChI=1S/C17H34N2O3/c1-13-5-7-18(11-16(13)21-3)9-15(20)10-19-8-6-14(2)17(12-19)22-4/h13-17,20H,5-12H2,1-4H3/t13-,14-,15?,16-,17+/m0/s1. The van der Waals surface area contributed by atoms with Crippen LogP contribution in [0.4, 0.5) is 0 Å². The highest BCUT2D eigenvalue weighted by Gasteiger charge is 2.29. The second kappa shape index (κ2) is 8.60. The predicted molar refractivity (Wildman–Crippen MR) is 88.0 cm³/mol. The van der Waals surface area contributed by atoms with Crippen LogP contribution in [0.5, 0.6) is 0 Å². The van der Waals surface area contributed by atoms with E-state index in [1.54, 1.807) is 14.2 Å². The van der Waals surface area contributed by atoms with E-state index < -0.39 is 0 Å². The van der Waals surface area contributed by atoms with Crippen LogP contribution in [0.3, 0.4) is 0 Å². The van der Waals surface area contributed by atoms with Crippen molar-refractivity contribution in [3.05, 3.63) is 0 Å². The summed E-state index contributed by atoms with van der Waals surface area (Å²) < 4.78 is 11.1. The van der Waals surface area contributed by atoms with Crippen LogP contribution >= 0.6 is 0 Å². The van der Waals surface area contributed by atoms with Crippen molar-refractivity contribution in [2.45, 2.75) is 45.0 Å². The molecule has 1 N–H and O–H groups in total. The van der Waals surface area contributed by atoms with Crippen molar-refractivity contribution in [1.82, 2.24) is 9.80 Å². The molecule has 0 aromatic carbocycles. The molecule has 2 fully saturated rings. The summed E-state index contributed by atoms with van der Waals surface area (Å²) in [6, 6.07) is 0. The largest absolute Gasteiger partial charge is 0.390 e. The van der Waals surface area contributed by atoms with E-state index in [0.29, 0.717) is 24.0 Å². The van der Waals surface area contributed by atoms with Gasteiger partial charge in [0.25, 0.3) is 0 Å². The molecule has 2 aliphatic rings. The van der Waals surface area contributed by atoms with Crippen LogP contribution in [0.1, 0.15) is 26.7 Å². The van der Waals surface area contributed by atoms with Crippen LogP contribution in [0, 0.1) is 11.8 Å². The first-order valence-electron chi connectivity index (χ1n) is 8.71. The first-order chi connectivity index (χ1) is 10.5. The topological polar surface area (TPSA) is 45.2 Å². The molecule has 0 radical (unpaired) electrons. The Morgan fingerprint density at radius 3 is 1.68 bits per heavy atom. The summed E-state index contributed by atoms with van der Waals surface area (Å²) in [5, 5.41) is 10.4. The first-order valence-corrected chi connectivity index (χ1v) is 8.71. The van der Waals surface area contributed by atoms with Gasteiger partial charge in [0, 0.05) is 40.4 Å². The lowest BCUT2D eigenvalue weighted by molar-refractivity contribution is -0.0362. The molecule has 2 rings (SSSR count). The Balaban J connectivity index is 1.74. The number of methoxy groups -OCH3 is 2. The Hall–Kier alpha value is -0.200. The molecule has 5 atom stereocenters. The highest BCUT2D eigenvalue weighted by molar-refractivity contribution is 4.83. The molecule has 5 heteroatoms. The molecule has 1 unspecified atom stereocenters. The molecule has 0 amide bonds. The fourth-order valence-corrected chi connectivity index (χ4v) is 3.79. The third-order valence-corrected chi connectivity index (χ3v) is 5.49. The number of β-amino-alcohol motifs (C(OH)–C–C–N with tert-alkyl or cyclic N) is 1. The monoisotopic (exact) mass is 314 g/mol. The van der Waals surface area contributed by atoms with Gasteiger partial charge in [-0.25, -0.2) is 0 Å². The molecule has 0 aromatic rings. The third-order valence-electron chi connectivity index (χ3n) is 5.49. The van der Waals surface area contributed by atoms with E-state index in [-0.39, 0.29) is 6.10 Å². The smallest absolute Gasteiger partial charge is 0.0793 e. The minimum atomic E-state index is -0.295. The van der Waals surface area contributed by atoms with Gasteiger partial charge < -0.3 is 14.6 Å². The highest BCUT2D eigenvalue weighted by atomic mass is 16.5. The predicted octanol–water partition coefficient (Wildman–Crippen LogP) is 1.06. The van der Waals surface area contributed by atoms with Crippen LogP contribution in [0.2, 0.25) is 0 Å². The summed E-state index contributed by atoms with van der Waals surface area (Å²) in [6.45, 7) is 10.0. The second-order valence-corrected chi connectivity index (χ2v) is 7.25. The van der Waals surface area contributed by atoms with Gasteiger partial charge in [-0.05, 0) is 37.8 Å². The van der Waals surface area contributed by atoms with Gasteiger partial charge in [0.15, 0.2) is 0 Å². The number of rotatable bonds is 6. The van der Waals surface area contributed by atoms with Gasteiger partial charge in [0.1, 0.15) is 0 Å². The van der Waals surface area contributed by atoms with Gasteiger partial charge in [-0.15, -0.1) is 0 Å². The zero-order valence-corrected chi connectivity index (χ0v) is 14.7. The average Bonchev–Trinajstić information content (AvgIpc) is 2.51. The summed E-state index contributed by atoms with van der Waals surface area (Å²) in [6.07, 6.45) is 2.61. The van der Waals surface area contributed by atoms with Crippen molar-refractivity contribution < 1.29 is 14.6 Å². The zero-order chi connectivity index (χ0) is 16.1. The van der Waals surface area contributed by atoms with Crippen molar-refractivity contribution in [3.8, 4) is 0 Å². The Kier molecular flexibility index (Phi) is 7.09. The van der Waals surface area contributed by atoms with E-state index in [2.05, 4.69) is 23.6 Å². The average molecular weight is 314 g/mol. The minimum Gasteiger partial charge on any atom is -0.390 e. The summed E-state index contributed by atoms with van der Waals surface area (Å²) in [7, 11) is 3.59. The highest BCUT2D eigenvalue weighted by Crippen LogP contribution is 2.21. The van der Waals surface area contributed by atoms with Crippen molar-refractivity contribution in [2.24, 2.45) is 11.8 Å². The summed E-state index contributed by atoms with van der Waals surface area (Å²) in [5.74, 6) is 1.23. The van der Waals surface area contributed by atoms with Crippen molar-refractivity contribution in [3.63, 3.8) is 0 Å². The molecule has 0 bridgehead atoms. The fourth-order valence-electron chi connectivity index (χ4n) is 3.79. The van der Waals surface area contributed by atoms with Crippen molar-refractivity contribution in [1.29, 1.82) is 0 Å². The molecule has 22 heavy (non-hydrogen) atoms. The molecule has 2 aliphatic heterocycles. The number of ether oxygens (including phenoxy) is 2. The van der Waals surface area contributed by atoms with Gasteiger partial charge in [-0.2, -0.15) is 0 Å². The van der Waals surface area contributed by atoms with E-state index in [4.69, 9.17) is 9.47 Å². The normalized spacial score (nSPS) is 36.4. The van der Waals surface area contributed by atoms with Gasteiger partial charge in [-0.1, -0.05) is 13.8 Å². The molecule has 130 valence electrons. The van der Waals surface area contributed by atoms with E-state index in [9.17, 15) is 5.11 Å². The maximum absolute atomic E-state index is 10.4. The van der Waals surface area contributed by atoms with Crippen LogP contribution in [0.25, 0.3) is 0 Å². The number of aliphatic hydroxyl groups excluding tert-OH is 1. The number of piperidine rings is 2. The molecular weight excluding hydrogens is 280 g/mol. The SMILES string of the molecule is CO[C@H]1CN(CC(O)CN2CC[C@H](C)[C@H](OC)C2)CC[C@@H]1C. The molecular formula is C17H34N2O3. The Labute approximate surface area is 135 Å². The second-order valence-electron chi connectivity index (χ2n) is 7.25. The molecule has 0 saturated carbocycles. The third kappa shape index (κ3) is 4.90. The molecule has 5 nitrogen and oxygen atoms in total. The molecule has 0 aliphatic carbocycles. The number of likely N-dealkylation sites (tertiary alicyclic amines) is 2. The summed E-state index contributed by atoms with van der Waals surface area (Å²) in [4.78, 5) is 4.69. The number of hydrogen-bond donors (Lipinski definition) is 1. The molecule has 0 spiro atoms. The quantitative estimate of drug-likeness (QED) is 0.794. The fraction of sp³-hybridized carbons (Fsp3) is 1.00. The lowest BCUT2D eigenvalue weighted by atomic mass is 9.95. The lowest BCUT2D eigenvalue weighted by Gasteiger charge is -2.39. The number of hydrogen-bond acceptors (Lipinski definition) is 5. The zero-order valence-electron chi connectivity index (χ0n) is 14.7. The van der Waals surface area contributed by atoms with E-state index >= 15 is 0 Å². The maximum Gasteiger partial charge on any atom is 0.0793 e. The summed E-state index contributed by atoms with van der Waals surface area (Å²) in [5.41, 5.74) is 0. The van der Waals surface area contributed by atoms with Crippen LogP contribution in [-0.4, -0.2) is 86.7 Å². The van der Waals surface area contributed by atoms with E-state index in [1.807, 2.05) is 0 Å². The molecule has 2 heterocycles. The lowest BCUT2D eigenvalue weighted by Crippen LogP contribution is -2.51. The number of aliphatic hydroxyl groups is 1. The minimum absolute atomic E-state index is 0.295.